The van der Waals surface area contributed by atoms with Gasteiger partial charge in [0.15, 0.2) is 11.2 Å². The van der Waals surface area contributed by atoms with Crippen LogP contribution in [-0.2, 0) is 5.41 Å². The zero-order chi connectivity index (χ0) is 57.1. The molecule has 0 fully saturated rings. The highest BCUT2D eigenvalue weighted by atomic mass is 16.3. The van der Waals surface area contributed by atoms with Crippen molar-refractivity contribution in [2.24, 2.45) is 0 Å². The Morgan fingerprint density at radius 1 is 0.349 bits per heavy atom. The lowest BCUT2D eigenvalue weighted by molar-refractivity contribution is 0.665. The fraction of sp³-hybridized carbons (Fsp3) is 0.0380. The molecule has 16 aromatic rings. The first kappa shape index (κ1) is 47.9. The van der Waals surface area contributed by atoms with E-state index in [4.69, 9.17) is 8.83 Å². The molecule has 13 aromatic carbocycles. The Bertz CT molecular complexity index is 5460. The highest BCUT2D eigenvalue weighted by Crippen LogP contribution is 2.66. The summed E-state index contributed by atoms with van der Waals surface area (Å²) < 4.78 is 16.7. The second-order valence-electron chi connectivity index (χ2n) is 23.0. The molecule has 2 aliphatic rings. The van der Waals surface area contributed by atoms with Crippen LogP contribution in [0.25, 0.3) is 104 Å². The van der Waals surface area contributed by atoms with Crippen molar-refractivity contribution in [2.75, 3.05) is 9.80 Å². The summed E-state index contributed by atoms with van der Waals surface area (Å²) in [6, 6.07) is 93.9. The molecule has 0 unspecified atom stereocenters. The van der Waals surface area contributed by atoms with Crippen LogP contribution in [0, 0.1) is 36.5 Å². The quantitative estimate of drug-likeness (QED) is 0.165. The van der Waals surface area contributed by atoms with Crippen LogP contribution >= 0.6 is 0 Å². The minimum atomic E-state index is -0.958. The maximum Gasteiger partial charge on any atom is 0.159 e. The minimum Gasteiger partial charge on any atom is -0.454 e. The van der Waals surface area contributed by atoms with Gasteiger partial charge >= 0.3 is 0 Å². The number of para-hydroxylation sites is 7. The van der Waals surface area contributed by atoms with E-state index in [1.165, 1.54) is 16.3 Å². The molecule has 0 atom stereocenters. The standard InChI is InChI=1S/C79H47N5O2/c1-46-16-11-24-58-60-26-14-32-68(77(60)85-75(46)58)82(50-38-34-48(44-80)35-39-50)70-42-64-72(55-21-5-3-18-52(55)70)73-56-22-6-4-19-53(56)71(83(51-40-36-49(45-81)37-41-51)69-33-15-27-61-59-25-12-17-47(2)76(59)86-78(61)69)43-65(73)79(64)62-28-8-10-31-67(62)84-66-30-9-7-20-54(66)57-23-13-29-63(79)74(57)84/h3-43H,1-2H3. The first-order chi connectivity index (χ1) is 42.4. The average molecular weight is 1100 g/mol. The van der Waals surface area contributed by atoms with Crippen molar-refractivity contribution in [3.8, 4) is 29.0 Å². The monoisotopic (exact) mass is 1100 g/mol. The van der Waals surface area contributed by atoms with Crippen LogP contribution in [0.2, 0.25) is 0 Å². The van der Waals surface area contributed by atoms with E-state index in [9.17, 15) is 10.5 Å². The van der Waals surface area contributed by atoms with Crippen LogP contribution in [-0.4, -0.2) is 4.57 Å². The number of anilines is 6. The third-order valence-electron chi connectivity index (χ3n) is 18.6. The van der Waals surface area contributed by atoms with Crippen molar-refractivity contribution in [3.63, 3.8) is 0 Å². The zero-order valence-electron chi connectivity index (χ0n) is 46.7. The van der Waals surface area contributed by atoms with E-state index in [1.807, 2.05) is 24.3 Å². The maximum absolute atomic E-state index is 10.2. The minimum absolute atomic E-state index is 0.575. The van der Waals surface area contributed by atoms with Crippen molar-refractivity contribution < 1.29 is 8.83 Å². The van der Waals surface area contributed by atoms with Gasteiger partial charge in [-0.1, -0.05) is 164 Å². The van der Waals surface area contributed by atoms with Crippen molar-refractivity contribution in [2.45, 2.75) is 19.3 Å². The van der Waals surface area contributed by atoms with E-state index >= 15 is 0 Å². The molecule has 0 saturated carbocycles. The van der Waals surface area contributed by atoms with Gasteiger partial charge < -0.3 is 23.2 Å². The number of fused-ring (bicyclic) bond motifs is 22. The lowest BCUT2D eigenvalue weighted by atomic mass is 9.65. The van der Waals surface area contributed by atoms with E-state index in [0.717, 1.165) is 155 Å². The Balaban J connectivity index is 1.03. The van der Waals surface area contributed by atoms with Crippen molar-refractivity contribution in [1.82, 2.24) is 4.57 Å². The van der Waals surface area contributed by atoms with Crippen LogP contribution in [0.1, 0.15) is 44.5 Å². The molecular formula is C79H47N5O2. The molecule has 0 amide bonds. The first-order valence-corrected chi connectivity index (χ1v) is 29.1. The SMILES string of the molecule is Cc1cccc2c1oc1c(N(c3ccc(C#N)cc3)c3cc4c(c5ccccc35)-c3c(cc(N(c5ccc(C#N)cc5)c5cccc6c5oc5c(C)cccc56)c5ccccc35)C43c4ccccc4-n4c5ccccc5c5cccc3c54)cccc12. The highest BCUT2D eigenvalue weighted by Gasteiger charge is 2.53. The Morgan fingerprint density at radius 3 is 1.28 bits per heavy atom. The number of furan rings is 2. The van der Waals surface area contributed by atoms with Crippen LogP contribution in [0.4, 0.5) is 34.1 Å². The third kappa shape index (κ3) is 6.27. The number of nitrogens with zero attached hydrogens (tertiary/aromatic N) is 5. The third-order valence-corrected chi connectivity index (χ3v) is 18.6. The number of nitriles is 2. The van der Waals surface area contributed by atoms with Crippen molar-refractivity contribution in [3.05, 3.63) is 293 Å². The smallest absolute Gasteiger partial charge is 0.159 e. The van der Waals surface area contributed by atoms with E-state index in [0.29, 0.717) is 11.1 Å². The predicted octanol–water partition coefficient (Wildman–Crippen LogP) is 20.9. The molecule has 3 aromatic heterocycles. The predicted molar refractivity (Wildman–Crippen MR) is 349 cm³/mol. The second kappa shape index (κ2) is 17.7. The lowest BCUT2D eigenvalue weighted by Crippen LogP contribution is -2.34. The molecule has 0 radical (unpaired) electrons. The van der Waals surface area contributed by atoms with Crippen LogP contribution < -0.4 is 9.80 Å². The molecule has 0 bridgehead atoms. The molecule has 1 aliphatic carbocycles. The molecule has 1 spiro atoms. The van der Waals surface area contributed by atoms with E-state index in [2.05, 4.69) is 265 Å². The topological polar surface area (TPSA) is 85.3 Å². The summed E-state index contributed by atoms with van der Waals surface area (Å²) in [4.78, 5) is 4.72. The Labute approximate surface area is 493 Å². The summed E-state index contributed by atoms with van der Waals surface area (Å²) in [5.41, 5.74) is 21.4. The molecule has 400 valence electrons. The summed E-state index contributed by atoms with van der Waals surface area (Å²) in [5.74, 6) is 0. The number of aromatic nitrogens is 1. The summed E-state index contributed by atoms with van der Waals surface area (Å²) in [6.07, 6.45) is 0. The fourth-order valence-corrected chi connectivity index (χ4v) is 15.1. The van der Waals surface area contributed by atoms with Gasteiger partial charge in [-0.05, 0) is 154 Å². The molecule has 4 heterocycles. The van der Waals surface area contributed by atoms with Gasteiger partial charge in [0.1, 0.15) is 11.2 Å². The van der Waals surface area contributed by atoms with Crippen LogP contribution in [0.5, 0.6) is 0 Å². The molecule has 18 rings (SSSR count). The molecule has 7 nitrogen and oxygen atoms in total. The number of aryl methyl sites for hydroxylation is 2. The van der Waals surface area contributed by atoms with Crippen molar-refractivity contribution in [1.29, 1.82) is 10.5 Å². The summed E-state index contributed by atoms with van der Waals surface area (Å²) in [5, 5.41) is 31.3. The molecule has 0 N–H and O–H groups in total. The Hall–Kier alpha value is -11.6. The Morgan fingerprint density at radius 2 is 0.756 bits per heavy atom. The molecule has 86 heavy (non-hydrogen) atoms. The van der Waals surface area contributed by atoms with Crippen LogP contribution in [0.3, 0.4) is 0 Å². The average Bonchev–Trinajstić information content (AvgIpc) is 1.47. The summed E-state index contributed by atoms with van der Waals surface area (Å²) >= 11 is 0. The highest BCUT2D eigenvalue weighted by molar-refractivity contribution is 6.22. The van der Waals surface area contributed by atoms with Crippen molar-refractivity contribution >= 4 is 121 Å². The lowest BCUT2D eigenvalue weighted by Gasteiger charge is -2.40. The van der Waals surface area contributed by atoms with Crippen LogP contribution in [0.15, 0.2) is 258 Å². The zero-order valence-corrected chi connectivity index (χ0v) is 46.7. The summed E-state index contributed by atoms with van der Waals surface area (Å²) in [7, 11) is 0. The molecule has 1 aliphatic heterocycles. The van der Waals surface area contributed by atoms with E-state index < -0.39 is 5.41 Å². The van der Waals surface area contributed by atoms with E-state index in [-0.39, 0.29) is 0 Å². The van der Waals surface area contributed by atoms with Gasteiger partial charge in [-0.2, -0.15) is 10.5 Å². The van der Waals surface area contributed by atoms with Gasteiger partial charge in [0.05, 0.1) is 68.2 Å². The van der Waals surface area contributed by atoms with Gasteiger partial charge in [-0.15, -0.1) is 0 Å². The number of rotatable bonds is 6. The summed E-state index contributed by atoms with van der Waals surface area (Å²) in [6.45, 7) is 4.21. The van der Waals surface area contributed by atoms with Gasteiger partial charge in [-0.25, -0.2) is 0 Å². The van der Waals surface area contributed by atoms with Gasteiger partial charge in [-0.3, -0.25) is 0 Å². The second-order valence-corrected chi connectivity index (χ2v) is 23.0. The number of hydrogen-bond acceptors (Lipinski definition) is 6. The number of hydrogen-bond donors (Lipinski definition) is 0. The molecule has 0 saturated heterocycles. The first-order valence-electron chi connectivity index (χ1n) is 29.1. The normalized spacial score (nSPS) is 12.8. The van der Waals surface area contributed by atoms with Gasteiger partial charge in [0.25, 0.3) is 0 Å². The molecule has 7 heteroatoms. The van der Waals surface area contributed by atoms with Gasteiger partial charge in [0.2, 0.25) is 0 Å². The maximum atomic E-state index is 10.2. The largest absolute Gasteiger partial charge is 0.454 e. The van der Waals surface area contributed by atoms with Gasteiger partial charge in [0, 0.05) is 54.5 Å². The number of benzene rings is 13. The fourth-order valence-electron chi connectivity index (χ4n) is 15.1. The molecular weight excluding hydrogens is 1050 g/mol. The Kier molecular flexibility index (Phi) is 9.86. The van der Waals surface area contributed by atoms with E-state index in [1.54, 1.807) is 0 Å².